The molecule has 5 rings (SSSR count). The first-order valence-electron chi connectivity index (χ1n) is 11.9. The van der Waals surface area contributed by atoms with Crippen LogP contribution in [0.4, 0.5) is 0 Å². The van der Waals surface area contributed by atoms with Gasteiger partial charge in [0.05, 0.1) is 0 Å². The zero-order valence-corrected chi connectivity index (χ0v) is 20.1. The average Bonchev–Trinajstić information content (AvgIpc) is 3.49. The molecule has 0 bridgehead atoms. The van der Waals surface area contributed by atoms with Crippen molar-refractivity contribution in [2.45, 2.75) is 58.5 Å². The van der Waals surface area contributed by atoms with Crippen LogP contribution in [-0.2, 0) is 19.1 Å². The van der Waals surface area contributed by atoms with E-state index < -0.39 is 17.0 Å². The van der Waals surface area contributed by atoms with Crippen LogP contribution in [0.3, 0.4) is 0 Å². The fourth-order valence-corrected chi connectivity index (χ4v) is 8.58. The van der Waals surface area contributed by atoms with E-state index in [1.165, 1.54) is 6.92 Å². The van der Waals surface area contributed by atoms with Crippen LogP contribution in [0, 0.1) is 45.8 Å². The van der Waals surface area contributed by atoms with Crippen LogP contribution in [0.5, 0.6) is 0 Å². The van der Waals surface area contributed by atoms with E-state index >= 15 is 0 Å². The van der Waals surface area contributed by atoms with Gasteiger partial charge in [-0.1, -0.05) is 31.5 Å². The summed E-state index contributed by atoms with van der Waals surface area (Å²) in [5, 5.41) is 10.4. The summed E-state index contributed by atoms with van der Waals surface area (Å²) in [6.07, 6.45) is 7.75. The predicted octanol–water partition coefficient (Wildman–Crippen LogP) is 3.07. The maximum atomic E-state index is 13.1. The third-order valence-corrected chi connectivity index (χ3v) is 10.2. The zero-order valence-electron chi connectivity index (χ0n) is 19.4. The van der Waals surface area contributed by atoms with Gasteiger partial charge < -0.3 is 15.8 Å². The van der Waals surface area contributed by atoms with Crippen molar-refractivity contribution >= 4 is 35.1 Å². The van der Waals surface area contributed by atoms with Gasteiger partial charge in [-0.15, -0.1) is 0 Å². The largest absolute Gasteiger partial charge is 0.449 e. The van der Waals surface area contributed by atoms with Crippen LogP contribution in [0.2, 0.25) is 0 Å². The molecule has 0 aromatic rings. The first-order valence-corrected chi connectivity index (χ1v) is 12.3. The molecular formula is C25H32ClN3O4. The van der Waals surface area contributed by atoms with Gasteiger partial charge in [0.25, 0.3) is 0 Å². The summed E-state index contributed by atoms with van der Waals surface area (Å²) in [5.41, 5.74) is 4.47. The molecule has 5 aliphatic rings. The van der Waals surface area contributed by atoms with E-state index in [1.54, 1.807) is 6.08 Å². The fraction of sp³-hybridized carbons (Fsp3) is 0.680. The Labute approximate surface area is 199 Å². The maximum Gasteiger partial charge on any atom is 0.326 e. The Morgan fingerprint density at radius 3 is 2.61 bits per heavy atom. The lowest BCUT2D eigenvalue weighted by Gasteiger charge is -2.57. The van der Waals surface area contributed by atoms with Crippen molar-refractivity contribution in [2.24, 2.45) is 46.2 Å². The van der Waals surface area contributed by atoms with Crippen molar-refractivity contribution in [1.82, 2.24) is 5.32 Å². The Morgan fingerprint density at radius 2 is 1.94 bits per heavy atom. The number of Topliss-reactive ketones (excluding diaryl/α,β-unsaturated/α-hetero) is 1. The summed E-state index contributed by atoms with van der Waals surface area (Å²) in [6, 6.07) is 0. The Balaban J connectivity index is 1.50. The van der Waals surface area contributed by atoms with E-state index in [-0.39, 0.29) is 47.2 Å². The van der Waals surface area contributed by atoms with Gasteiger partial charge in [0, 0.05) is 21.8 Å². The SMILES string of the molecule is CC(=O)[C@@]1(OC(=O)CNC(=N)N)CCC2C3C=C(Cl)C4=CC(=O)C5C[C@@H]5C4(C)C3CCC21C. The maximum absolute atomic E-state index is 13.1. The highest BCUT2D eigenvalue weighted by Crippen LogP contribution is 2.72. The van der Waals surface area contributed by atoms with Gasteiger partial charge in [-0.2, -0.15) is 0 Å². The predicted molar refractivity (Wildman–Crippen MR) is 123 cm³/mol. The molecule has 3 fully saturated rings. The zero-order chi connectivity index (χ0) is 23.9. The number of esters is 1. The Kier molecular flexibility index (Phi) is 4.92. The molecule has 3 saturated carbocycles. The molecule has 8 atom stereocenters. The molecule has 0 radical (unpaired) electrons. The molecule has 6 unspecified atom stereocenters. The third kappa shape index (κ3) is 2.93. The molecule has 0 heterocycles. The summed E-state index contributed by atoms with van der Waals surface area (Å²) in [5.74, 6) is 0.326. The van der Waals surface area contributed by atoms with E-state index in [0.29, 0.717) is 23.3 Å². The van der Waals surface area contributed by atoms with Gasteiger partial charge in [0.1, 0.15) is 6.54 Å². The minimum absolute atomic E-state index is 0.125. The van der Waals surface area contributed by atoms with Crippen molar-refractivity contribution in [3.8, 4) is 0 Å². The second-order valence-electron chi connectivity index (χ2n) is 11.1. The molecule has 0 saturated heterocycles. The topological polar surface area (TPSA) is 122 Å². The van der Waals surface area contributed by atoms with Crippen LogP contribution in [0.15, 0.2) is 22.8 Å². The number of hydrogen-bond acceptors (Lipinski definition) is 5. The van der Waals surface area contributed by atoms with Gasteiger partial charge in [0.2, 0.25) is 0 Å². The lowest BCUT2D eigenvalue weighted by Crippen LogP contribution is -2.59. The number of ether oxygens (including phenoxy) is 1. The number of rotatable bonds is 4. The van der Waals surface area contributed by atoms with Crippen molar-refractivity contribution in [2.75, 3.05) is 6.54 Å². The molecule has 178 valence electrons. The van der Waals surface area contributed by atoms with Crippen molar-refractivity contribution < 1.29 is 19.1 Å². The molecule has 5 aliphatic carbocycles. The first-order chi connectivity index (χ1) is 15.5. The van der Waals surface area contributed by atoms with Crippen molar-refractivity contribution in [3.63, 3.8) is 0 Å². The van der Waals surface area contributed by atoms with Gasteiger partial charge >= 0.3 is 5.97 Å². The fourth-order valence-electron chi connectivity index (χ4n) is 8.18. The van der Waals surface area contributed by atoms with Crippen LogP contribution in [0.1, 0.15) is 52.9 Å². The highest BCUT2D eigenvalue weighted by atomic mass is 35.5. The minimum Gasteiger partial charge on any atom is -0.449 e. The monoisotopic (exact) mass is 473 g/mol. The molecule has 4 N–H and O–H groups in total. The minimum atomic E-state index is -1.19. The molecule has 0 aliphatic heterocycles. The van der Waals surface area contributed by atoms with E-state index in [0.717, 1.165) is 31.3 Å². The molecule has 0 aromatic heterocycles. The Hall–Kier alpha value is -2.15. The van der Waals surface area contributed by atoms with Crippen LogP contribution < -0.4 is 11.1 Å². The number of halogens is 1. The van der Waals surface area contributed by atoms with E-state index in [2.05, 4.69) is 25.2 Å². The molecule has 7 nitrogen and oxygen atoms in total. The number of carbonyl (C=O) groups excluding carboxylic acids is 3. The van der Waals surface area contributed by atoms with Crippen LogP contribution in [-0.4, -0.2) is 35.6 Å². The summed E-state index contributed by atoms with van der Waals surface area (Å²) in [6.45, 7) is 5.64. The van der Waals surface area contributed by atoms with Gasteiger partial charge in [-0.05, 0) is 74.3 Å². The number of guanidine groups is 1. The second-order valence-corrected chi connectivity index (χ2v) is 11.5. The molecule has 0 spiro atoms. The smallest absolute Gasteiger partial charge is 0.326 e. The summed E-state index contributed by atoms with van der Waals surface area (Å²) >= 11 is 6.82. The molecule has 33 heavy (non-hydrogen) atoms. The van der Waals surface area contributed by atoms with Crippen molar-refractivity contribution in [3.05, 3.63) is 22.8 Å². The third-order valence-electron chi connectivity index (χ3n) is 9.89. The number of nitrogens with two attached hydrogens (primary N) is 1. The van der Waals surface area contributed by atoms with E-state index in [9.17, 15) is 14.4 Å². The van der Waals surface area contributed by atoms with Crippen LogP contribution in [0.25, 0.3) is 0 Å². The highest BCUT2D eigenvalue weighted by molar-refractivity contribution is 6.32. The Morgan fingerprint density at radius 1 is 1.24 bits per heavy atom. The summed E-state index contributed by atoms with van der Waals surface area (Å²) in [7, 11) is 0. The quantitative estimate of drug-likeness (QED) is 0.327. The average molecular weight is 474 g/mol. The lowest BCUT2D eigenvalue weighted by atomic mass is 9.47. The number of ketones is 2. The summed E-state index contributed by atoms with van der Waals surface area (Å²) < 4.78 is 5.95. The number of nitrogens with one attached hydrogen (secondary N) is 2. The lowest BCUT2D eigenvalue weighted by molar-refractivity contribution is -0.186. The molecule has 8 heteroatoms. The first kappa shape index (κ1) is 22.6. The number of allylic oxidation sites excluding steroid dienone is 4. The van der Waals surface area contributed by atoms with Gasteiger partial charge in [-0.3, -0.25) is 19.8 Å². The van der Waals surface area contributed by atoms with Gasteiger partial charge in [0.15, 0.2) is 23.1 Å². The number of carbonyl (C=O) groups is 3. The van der Waals surface area contributed by atoms with Crippen LogP contribution >= 0.6 is 11.6 Å². The highest BCUT2D eigenvalue weighted by Gasteiger charge is 2.70. The second kappa shape index (κ2) is 7.17. The Bertz CT molecular complexity index is 1040. The van der Waals surface area contributed by atoms with E-state index in [1.807, 2.05) is 0 Å². The standard InChI is InChI=1S/C25H32ClN3O4/c1-12(30)25(33-21(32)11-29-22(27)28)7-5-15-13-9-19(26)18-10-20(31)14-8-17(14)24(18,3)16(13)4-6-23(15,25)2/h9-10,13-17H,4-8,11H2,1-3H3,(H4,27,28,29)/t13?,14?,15?,16?,17-,23?,24?,25-/m0/s1. The molecular weight excluding hydrogens is 442 g/mol. The summed E-state index contributed by atoms with van der Waals surface area (Å²) in [4.78, 5) is 38.1. The normalized spacial score (nSPS) is 44.8. The molecule has 0 amide bonds. The van der Waals surface area contributed by atoms with Crippen molar-refractivity contribution in [1.29, 1.82) is 5.41 Å². The number of fused-ring (bicyclic) bond motifs is 7. The number of hydrogen-bond donors (Lipinski definition) is 3. The van der Waals surface area contributed by atoms with Gasteiger partial charge in [-0.25, -0.2) is 0 Å². The molecule has 0 aromatic carbocycles. The van der Waals surface area contributed by atoms with E-state index in [4.69, 9.17) is 27.5 Å².